The maximum Gasteiger partial charge on any atom is 0.385 e. The number of esters is 1. The van der Waals surface area contributed by atoms with Gasteiger partial charge in [-0.05, 0) is 23.8 Å². The van der Waals surface area contributed by atoms with Crippen LogP contribution in [0.3, 0.4) is 0 Å². The fourth-order valence-electron chi connectivity index (χ4n) is 1.68. The van der Waals surface area contributed by atoms with E-state index in [0.29, 0.717) is 0 Å². The minimum absolute atomic E-state index is 0.478. The molecule has 0 N–H and O–H groups in total. The summed E-state index contributed by atoms with van der Waals surface area (Å²) >= 11 is 0. The van der Waals surface area contributed by atoms with Crippen LogP contribution >= 0.6 is 0 Å². The van der Waals surface area contributed by atoms with Crippen molar-refractivity contribution in [2.75, 3.05) is 0 Å². The second-order valence-electron chi connectivity index (χ2n) is 4.09. The lowest BCUT2D eigenvalue weighted by molar-refractivity contribution is -0.140. The van der Waals surface area contributed by atoms with Gasteiger partial charge in [-0.25, -0.2) is 4.79 Å². The Morgan fingerprint density at radius 3 is 2.25 bits per heavy atom. The Balaban J connectivity index is 2.04. The number of carbonyl (C=O) groups excluding carboxylic acids is 1. The molecule has 0 aliphatic carbocycles. The number of carbonyl (C=O) groups is 1. The van der Waals surface area contributed by atoms with Crippen LogP contribution in [0.25, 0.3) is 0 Å². The Bertz CT molecular complexity index is 633. The zero-order valence-electron chi connectivity index (χ0n) is 11.0. The van der Waals surface area contributed by atoms with Crippen molar-refractivity contribution in [3.63, 3.8) is 0 Å². The van der Waals surface area contributed by atoms with E-state index in [1.807, 2.05) is 60.7 Å². The van der Waals surface area contributed by atoms with Gasteiger partial charge in [-0.2, -0.15) is 0 Å². The standard InChI is InChI=1S/C18H14O2/c1-2-17(16-11-7-4-8-12-16)20-18(19)14-13-15-9-5-3-6-10-15/h2-12,17H,1H2. The van der Waals surface area contributed by atoms with Crippen LogP contribution in [0.15, 0.2) is 73.3 Å². The van der Waals surface area contributed by atoms with E-state index in [9.17, 15) is 4.79 Å². The van der Waals surface area contributed by atoms with Crippen molar-refractivity contribution in [1.82, 2.24) is 0 Å². The summed E-state index contributed by atoms with van der Waals surface area (Å²) in [4.78, 5) is 11.7. The summed E-state index contributed by atoms with van der Waals surface area (Å²) in [6.07, 6.45) is 1.10. The van der Waals surface area contributed by atoms with Crippen LogP contribution in [-0.4, -0.2) is 5.97 Å². The van der Waals surface area contributed by atoms with E-state index in [0.717, 1.165) is 11.1 Å². The van der Waals surface area contributed by atoms with Crippen LogP contribution in [0.1, 0.15) is 17.2 Å². The third kappa shape index (κ3) is 3.86. The molecular formula is C18H14O2. The molecule has 0 aromatic heterocycles. The minimum Gasteiger partial charge on any atom is -0.444 e. The molecule has 0 aliphatic heterocycles. The predicted molar refractivity (Wildman–Crippen MR) is 78.8 cm³/mol. The molecule has 2 aromatic carbocycles. The second-order valence-corrected chi connectivity index (χ2v) is 4.09. The number of rotatable bonds is 3. The molecule has 0 radical (unpaired) electrons. The topological polar surface area (TPSA) is 26.3 Å². The summed E-state index contributed by atoms with van der Waals surface area (Å²) in [5.74, 6) is 4.67. The summed E-state index contributed by atoms with van der Waals surface area (Å²) in [5.41, 5.74) is 1.65. The Hall–Kier alpha value is -2.79. The van der Waals surface area contributed by atoms with Crippen molar-refractivity contribution in [3.8, 4) is 11.8 Å². The van der Waals surface area contributed by atoms with Gasteiger partial charge in [0.25, 0.3) is 0 Å². The first kappa shape index (κ1) is 13.6. The first-order valence-electron chi connectivity index (χ1n) is 6.25. The van der Waals surface area contributed by atoms with E-state index in [1.54, 1.807) is 6.08 Å². The second kappa shape index (κ2) is 6.96. The Morgan fingerprint density at radius 2 is 1.65 bits per heavy atom. The highest BCUT2D eigenvalue weighted by atomic mass is 16.5. The largest absolute Gasteiger partial charge is 0.444 e. The molecule has 0 bridgehead atoms. The van der Waals surface area contributed by atoms with Crippen molar-refractivity contribution < 1.29 is 9.53 Å². The fourth-order valence-corrected chi connectivity index (χ4v) is 1.68. The smallest absolute Gasteiger partial charge is 0.385 e. The van der Waals surface area contributed by atoms with Gasteiger partial charge in [0.05, 0.1) is 0 Å². The van der Waals surface area contributed by atoms with Gasteiger partial charge in [-0.3, -0.25) is 0 Å². The molecule has 0 fully saturated rings. The summed E-state index contributed by atoms with van der Waals surface area (Å²) in [5, 5.41) is 0. The number of ether oxygens (including phenoxy) is 1. The Labute approximate surface area is 118 Å². The summed E-state index contributed by atoms with van der Waals surface area (Å²) < 4.78 is 5.28. The van der Waals surface area contributed by atoms with E-state index in [4.69, 9.17) is 4.74 Å². The Morgan fingerprint density at radius 1 is 1.05 bits per heavy atom. The molecule has 0 saturated heterocycles. The predicted octanol–water partition coefficient (Wildman–Crippen LogP) is 3.51. The fraction of sp³-hybridized carbons (Fsp3) is 0.0556. The van der Waals surface area contributed by atoms with Crippen molar-refractivity contribution in [2.24, 2.45) is 0 Å². The van der Waals surface area contributed by atoms with E-state index in [-0.39, 0.29) is 0 Å². The first-order chi connectivity index (χ1) is 9.79. The highest BCUT2D eigenvalue weighted by Crippen LogP contribution is 2.17. The molecule has 2 rings (SSSR count). The van der Waals surface area contributed by atoms with Crippen LogP contribution in [-0.2, 0) is 9.53 Å². The lowest BCUT2D eigenvalue weighted by Crippen LogP contribution is -2.07. The number of hydrogen-bond donors (Lipinski definition) is 0. The summed E-state index contributed by atoms with van der Waals surface area (Å²) in [6.45, 7) is 3.68. The lowest BCUT2D eigenvalue weighted by atomic mass is 10.1. The van der Waals surface area contributed by atoms with Gasteiger partial charge < -0.3 is 4.74 Å². The normalized spacial score (nSPS) is 10.8. The van der Waals surface area contributed by atoms with Gasteiger partial charge >= 0.3 is 5.97 Å². The molecular weight excluding hydrogens is 248 g/mol. The Kier molecular flexibility index (Phi) is 4.75. The van der Waals surface area contributed by atoms with Gasteiger partial charge in [0.2, 0.25) is 0 Å². The van der Waals surface area contributed by atoms with E-state index < -0.39 is 12.1 Å². The van der Waals surface area contributed by atoms with Crippen molar-refractivity contribution in [3.05, 3.63) is 84.4 Å². The first-order valence-corrected chi connectivity index (χ1v) is 6.25. The molecule has 0 saturated carbocycles. The highest BCUT2D eigenvalue weighted by Gasteiger charge is 2.10. The lowest BCUT2D eigenvalue weighted by Gasteiger charge is -2.11. The summed E-state index contributed by atoms with van der Waals surface area (Å²) in [6, 6.07) is 18.7. The zero-order chi connectivity index (χ0) is 14.2. The molecule has 2 heteroatoms. The molecule has 0 heterocycles. The highest BCUT2D eigenvalue weighted by molar-refractivity contribution is 5.89. The summed E-state index contributed by atoms with van der Waals surface area (Å²) in [7, 11) is 0. The molecule has 0 amide bonds. The van der Waals surface area contributed by atoms with Gasteiger partial charge in [0.1, 0.15) is 6.10 Å². The van der Waals surface area contributed by atoms with Crippen molar-refractivity contribution in [1.29, 1.82) is 0 Å². The van der Waals surface area contributed by atoms with Gasteiger partial charge in [0.15, 0.2) is 0 Å². The van der Waals surface area contributed by atoms with Gasteiger partial charge in [0, 0.05) is 11.5 Å². The van der Waals surface area contributed by atoms with Crippen LogP contribution in [0.4, 0.5) is 0 Å². The van der Waals surface area contributed by atoms with Crippen LogP contribution in [0.5, 0.6) is 0 Å². The van der Waals surface area contributed by atoms with Crippen molar-refractivity contribution >= 4 is 5.97 Å². The maximum atomic E-state index is 11.7. The minimum atomic E-state index is -0.567. The molecule has 2 aromatic rings. The molecule has 0 aliphatic rings. The van der Waals surface area contributed by atoms with Crippen LogP contribution in [0, 0.1) is 11.8 Å². The van der Waals surface area contributed by atoms with Crippen LogP contribution in [0.2, 0.25) is 0 Å². The zero-order valence-corrected chi connectivity index (χ0v) is 11.0. The van der Waals surface area contributed by atoms with E-state index in [1.165, 1.54) is 0 Å². The number of hydrogen-bond acceptors (Lipinski definition) is 2. The molecule has 98 valence electrons. The van der Waals surface area contributed by atoms with E-state index >= 15 is 0 Å². The third-order valence-corrected chi connectivity index (χ3v) is 2.66. The van der Waals surface area contributed by atoms with E-state index in [2.05, 4.69) is 18.4 Å². The molecule has 0 spiro atoms. The molecule has 20 heavy (non-hydrogen) atoms. The van der Waals surface area contributed by atoms with Crippen molar-refractivity contribution in [2.45, 2.75) is 6.10 Å². The maximum absolute atomic E-state index is 11.7. The average Bonchev–Trinajstić information content (AvgIpc) is 2.52. The van der Waals surface area contributed by atoms with Gasteiger partial charge in [-0.1, -0.05) is 61.0 Å². The number of benzene rings is 2. The average molecular weight is 262 g/mol. The third-order valence-electron chi connectivity index (χ3n) is 2.66. The molecule has 1 atom stereocenters. The monoisotopic (exact) mass is 262 g/mol. The molecule has 1 unspecified atom stereocenters. The SMILES string of the molecule is C=CC(OC(=O)C#Cc1ccccc1)c1ccccc1. The van der Waals surface area contributed by atoms with Crippen LogP contribution < -0.4 is 0 Å². The molecule has 2 nitrogen and oxygen atoms in total. The van der Waals surface area contributed by atoms with Gasteiger partial charge in [-0.15, -0.1) is 0 Å². The quantitative estimate of drug-likeness (QED) is 0.480.